The van der Waals surface area contributed by atoms with Crippen LogP contribution in [0.1, 0.15) is 38.3 Å². The standard InChI is InChI=1S/C20H20N6O2/c1-25(12-10-15-9-5-6-11-21-15)20(28)17-18-19(27)22-16(13-26(18)24-23-17)14-7-3-2-4-8-14/h2-9,11,16H,10,12-13H2,1H3,(H,22,27)/t16-/m1/s1. The highest BCUT2D eigenvalue weighted by atomic mass is 16.2. The lowest BCUT2D eigenvalue weighted by Crippen LogP contribution is -2.40. The number of likely N-dealkylation sites (N-methyl/N-ethyl adjacent to an activating group) is 1. The Hall–Kier alpha value is -3.55. The second kappa shape index (κ2) is 7.59. The molecule has 0 spiro atoms. The molecule has 2 aromatic heterocycles. The topological polar surface area (TPSA) is 93.0 Å². The minimum absolute atomic E-state index is 0.0764. The molecule has 0 aliphatic carbocycles. The third kappa shape index (κ3) is 3.48. The van der Waals surface area contributed by atoms with Gasteiger partial charge in [0.05, 0.1) is 12.6 Å². The van der Waals surface area contributed by atoms with Crippen LogP contribution in [0.4, 0.5) is 0 Å². The van der Waals surface area contributed by atoms with Crippen LogP contribution in [-0.2, 0) is 13.0 Å². The number of nitrogens with zero attached hydrogens (tertiary/aromatic N) is 5. The summed E-state index contributed by atoms with van der Waals surface area (Å²) >= 11 is 0. The average molecular weight is 376 g/mol. The van der Waals surface area contributed by atoms with E-state index in [1.807, 2.05) is 48.5 Å². The van der Waals surface area contributed by atoms with Crippen LogP contribution in [0.25, 0.3) is 0 Å². The molecule has 1 aromatic carbocycles. The van der Waals surface area contributed by atoms with Gasteiger partial charge in [-0.05, 0) is 17.7 Å². The van der Waals surface area contributed by atoms with E-state index in [0.717, 1.165) is 11.3 Å². The fraction of sp³-hybridized carbons (Fsp3) is 0.250. The molecule has 0 bridgehead atoms. The Morgan fingerprint density at radius 2 is 2.00 bits per heavy atom. The van der Waals surface area contributed by atoms with Crippen molar-refractivity contribution in [2.45, 2.75) is 19.0 Å². The predicted octanol–water partition coefficient (Wildman–Crippen LogP) is 1.47. The molecule has 3 heterocycles. The quantitative estimate of drug-likeness (QED) is 0.728. The molecular formula is C20H20N6O2. The number of amides is 2. The molecular weight excluding hydrogens is 356 g/mol. The van der Waals surface area contributed by atoms with Crippen LogP contribution in [0.3, 0.4) is 0 Å². The van der Waals surface area contributed by atoms with Crippen molar-refractivity contribution < 1.29 is 9.59 Å². The van der Waals surface area contributed by atoms with E-state index in [1.54, 1.807) is 13.2 Å². The minimum atomic E-state index is -0.341. The van der Waals surface area contributed by atoms with Gasteiger partial charge < -0.3 is 10.2 Å². The summed E-state index contributed by atoms with van der Waals surface area (Å²) in [5.74, 6) is -0.669. The maximum atomic E-state index is 12.8. The van der Waals surface area contributed by atoms with Crippen molar-refractivity contribution in [3.05, 3.63) is 77.4 Å². The second-order valence-corrected chi connectivity index (χ2v) is 6.70. The van der Waals surface area contributed by atoms with E-state index in [2.05, 4.69) is 20.6 Å². The SMILES string of the molecule is CN(CCc1ccccn1)C(=O)c1nnn2c1C(=O)N[C@@H](c1ccccc1)C2. The van der Waals surface area contributed by atoms with Crippen molar-refractivity contribution in [1.29, 1.82) is 0 Å². The molecule has 28 heavy (non-hydrogen) atoms. The third-order valence-corrected chi connectivity index (χ3v) is 4.79. The van der Waals surface area contributed by atoms with Gasteiger partial charge in [-0.2, -0.15) is 0 Å². The van der Waals surface area contributed by atoms with Gasteiger partial charge in [0.2, 0.25) is 0 Å². The summed E-state index contributed by atoms with van der Waals surface area (Å²) in [7, 11) is 1.69. The van der Waals surface area contributed by atoms with Gasteiger partial charge in [0.1, 0.15) is 0 Å². The van der Waals surface area contributed by atoms with Crippen molar-refractivity contribution in [2.75, 3.05) is 13.6 Å². The Kier molecular flexibility index (Phi) is 4.84. The molecule has 1 aliphatic heterocycles. The van der Waals surface area contributed by atoms with E-state index in [4.69, 9.17) is 0 Å². The number of carbonyl (C=O) groups is 2. The van der Waals surface area contributed by atoms with Gasteiger partial charge >= 0.3 is 0 Å². The normalized spacial score (nSPS) is 15.6. The van der Waals surface area contributed by atoms with Crippen molar-refractivity contribution in [3.63, 3.8) is 0 Å². The summed E-state index contributed by atoms with van der Waals surface area (Å²) < 4.78 is 1.51. The highest BCUT2D eigenvalue weighted by Crippen LogP contribution is 2.22. The lowest BCUT2D eigenvalue weighted by Gasteiger charge is -2.25. The van der Waals surface area contributed by atoms with Crippen LogP contribution in [0, 0.1) is 0 Å². The minimum Gasteiger partial charge on any atom is -0.342 e. The molecule has 0 fully saturated rings. The molecule has 1 aliphatic rings. The van der Waals surface area contributed by atoms with E-state index in [1.165, 1.54) is 9.58 Å². The molecule has 1 atom stereocenters. The Morgan fingerprint density at radius 1 is 1.21 bits per heavy atom. The first-order valence-electron chi connectivity index (χ1n) is 9.08. The van der Waals surface area contributed by atoms with Crippen molar-refractivity contribution in [2.24, 2.45) is 0 Å². The fourth-order valence-electron chi connectivity index (χ4n) is 3.24. The van der Waals surface area contributed by atoms with E-state index in [9.17, 15) is 9.59 Å². The third-order valence-electron chi connectivity index (χ3n) is 4.79. The Balaban J connectivity index is 1.49. The Labute approximate surface area is 162 Å². The van der Waals surface area contributed by atoms with Gasteiger partial charge in [-0.25, -0.2) is 4.68 Å². The molecule has 142 valence electrons. The van der Waals surface area contributed by atoms with Crippen LogP contribution in [0.2, 0.25) is 0 Å². The number of hydrogen-bond acceptors (Lipinski definition) is 5. The number of rotatable bonds is 5. The summed E-state index contributed by atoms with van der Waals surface area (Å²) in [5, 5.41) is 11.0. The van der Waals surface area contributed by atoms with Crippen molar-refractivity contribution >= 4 is 11.8 Å². The number of aromatic nitrogens is 4. The number of benzene rings is 1. The zero-order chi connectivity index (χ0) is 19.5. The number of carbonyl (C=O) groups excluding carboxylic acids is 2. The fourth-order valence-corrected chi connectivity index (χ4v) is 3.24. The van der Waals surface area contributed by atoms with Crippen LogP contribution in [-0.4, -0.2) is 50.3 Å². The molecule has 0 saturated heterocycles. The molecule has 4 rings (SSSR count). The van der Waals surface area contributed by atoms with E-state index in [0.29, 0.717) is 19.5 Å². The summed E-state index contributed by atoms with van der Waals surface area (Å²) in [6.45, 7) is 0.902. The van der Waals surface area contributed by atoms with Crippen LogP contribution >= 0.6 is 0 Å². The molecule has 0 saturated carbocycles. The van der Waals surface area contributed by atoms with E-state index < -0.39 is 0 Å². The average Bonchev–Trinajstić information content (AvgIpc) is 3.17. The highest BCUT2D eigenvalue weighted by Gasteiger charge is 2.33. The van der Waals surface area contributed by atoms with E-state index >= 15 is 0 Å². The predicted molar refractivity (Wildman–Crippen MR) is 102 cm³/mol. The number of pyridine rings is 1. The molecule has 1 N–H and O–H groups in total. The van der Waals surface area contributed by atoms with Crippen LogP contribution in [0.5, 0.6) is 0 Å². The largest absolute Gasteiger partial charge is 0.342 e. The molecule has 0 unspecified atom stereocenters. The first kappa shape index (κ1) is 17.8. The molecule has 8 nitrogen and oxygen atoms in total. The second-order valence-electron chi connectivity index (χ2n) is 6.70. The number of hydrogen-bond donors (Lipinski definition) is 1. The van der Waals surface area contributed by atoms with Gasteiger partial charge in [0.25, 0.3) is 11.8 Å². The Bertz CT molecular complexity index is 986. The maximum Gasteiger partial charge on any atom is 0.276 e. The monoisotopic (exact) mass is 376 g/mol. The van der Waals surface area contributed by atoms with Gasteiger partial charge in [-0.1, -0.05) is 41.6 Å². The van der Waals surface area contributed by atoms with E-state index in [-0.39, 0.29) is 29.2 Å². The first-order chi connectivity index (χ1) is 13.6. The maximum absolute atomic E-state index is 12.8. The number of nitrogens with one attached hydrogen (secondary N) is 1. The van der Waals surface area contributed by atoms with Gasteiger partial charge in [-0.15, -0.1) is 5.10 Å². The highest BCUT2D eigenvalue weighted by molar-refractivity contribution is 6.05. The first-order valence-corrected chi connectivity index (χ1v) is 9.08. The lowest BCUT2D eigenvalue weighted by atomic mass is 10.0. The van der Waals surface area contributed by atoms with Crippen molar-refractivity contribution in [3.8, 4) is 0 Å². The van der Waals surface area contributed by atoms with Crippen LogP contribution in [0.15, 0.2) is 54.7 Å². The molecule has 3 aromatic rings. The van der Waals surface area contributed by atoms with Crippen LogP contribution < -0.4 is 5.32 Å². The molecule has 2 amide bonds. The van der Waals surface area contributed by atoms with Crippen molar-refractivity contribution in [1.82, 2.24) is 30.2 Å². The Morgan fingerprint density at radius 3 is 2.75 bits per heavy atom. The molecule has 0 radical (unpaired) electrons. The number of fused-ring (bicyclic) bond motifs is 1. The molecule has 8 heteroatoms. The van der Waals surface area contributed by atoms with Gasteiger partial charge in [0.15, 0.2) is 11.4 Å². The lowest BCUT2D eigenvalue weighted by molar-refractivity contribution is 0.0777. The summed E-state index contributed by atoms with van der Waals surface area (Å²) in [4.78, 5) is 31.3. The van der Waals surface area contributed by atoms with Gasteiger partial charge in [0, 0.05) is 31.9 Å². The summed E-state index contributed by atoms with van der Waals surface area (Å²) in [6, 6.07) is 15.1. The summed E-state index contributed by atoms with van der Waals surface area (Å²) in [6.07, 6.45) is 2.34. The summed E-state index contributed by atoms with van der Waals surface area (Å²) in [5.41, 5.74) is 2.17. The zero-order valence-corrected chi connectivity index (χ0v) is 15.4. The van der Waals surface area contributed by atoms with Gasteiger partial charge in [-0.3, -0.25) is 14.6 Å². The zero-order valence-electron chi connectivity index (χ0n) is 15.4. The smallest absolute Gasteiger partial charge is 0.276 e.